The maximum Gasteiger partial charge on any atom is 0.238 e. The summed E-state index contributed by atoms with van der Waals surface area (Å²) in [5, 5.41) is 2.81. The Balaban J connectivity index is 1.61. The van der Waals surface area contributed by atoms with Crippen LogP contribution in [-0.2, 0) is 9.53 Å². The number of carbonyl (C=O) groups excluding carboxylic acids is 2. The minimum Gasteiger partial charge on any atom is -0.371 e. The molecule has 1 aliphatic rings. The van der Waals surface area contributed by atoms with Gasteiger partial charge in [-0.25, -0.2) is 4.39 Å². The topological polar surface area (TPSA) is 58.6 Å². The molecule has 0 aliphatic carbocycles. The Hall–Kier alpha value is -2.57. The van der Waals surface area contributed by atoms with Crippen molar-refractivity contribution in [2.45, 2.75) is 13.0 Å². The van der Waals surface area contributed by atoms with Crippen LogP contribution >= 0.6 is 0 Å². The lowest BCUT2D eigenvalue weighted by Crippen LogP contribution is -2.42. The number of morpholine rings is 1. The Labute approximate surface area is 151 Å². The number of nitrogens with one attached hydrogen (secondary N) is 1. The average molecular weight is 356 g/mol. The van der Waals surface area contributed by atoms with Crippen LogP contribution in [0.4, 0.5) is 10.1 Å². The van der Waals surface area contributed by atoms with E-state index in [-0.39, 0.29) is 30.2 Å². The van der Waals surface area contributed by atoms with Crippen LogP contribution in [0.3, 0.4) is 0 Å². The molecule has 2 aromatic rings. The fourth-order valence-electron chi connectivity index (χ4n) is 3.02. The van der Waals surface area contributed by atoms with Crippen molar-refractivity contribution in [3.8, 4) is 0 Å². The minimum absolute atomic E-state index is 0.0938. The number of rotatable bonds is 5. The zero-order chi connectivity index (χ0) is 18.5. The van der Waals surface area contributed by atoms with Gasteiger partial charge < -0.3 is 10.1 Å². The molecule has 1 unspecified atom stereocenters. The third-order valence-electron chi connectivity index (χ3n) is 4.34. The summed E-state index contributed by atoms with van der Waals surface area (Å²) < 4.78 is 18.8. The second-order valence-electron chi connectivity index (χ2n) is 6.30. The number of hydrogen-bond donors (Lipinski definition) is 1. The summed E-state index contributed by atoms with van der Waals surface area (Å²) in [6.07, 6.45) is -0.193. The predicted molar refractivity (Wildman–Crippen MR) is 96.6 cm³/mol. The monoisotopic (exact) mass is 356 g/mol. The van der Waals surface area contributed by atoms with Gasteiger partial charge in [0.15, 0.2) is 5.78 Å². The minimum atomic E-state index is -0.287. The van der Waals surface area contributed by atoms with Crippen molar-refractivity contribution < 1.29 is 18.7 Å². The van der Waals surface area contributed by atoms with Crippen LogP contribution in [0.5, 0.6) is 0 Å². The number of halogens is 1. The summed E-state index contributed by atoms with van der Waals surface area (Å²) in [5.74, 6) is -0.563. The van der Waals surface area contributed by atoms with Gasteiger partial charge in [-0.05, 0) is 36.8 Å². The van der Waals surface area contributed by atoms with E-state index in [0.717, 1.165) is 5.56 Å². The first-order valence-electron chi connectivity index (χ1n) is 8.52. The molecule has 3 rings (SSSR count). The molecular weight excluding hydrogens is 335 g/mol. The standard InChI is InChI=1S/C20H21FN2O3/c1-14(24)17-4-2-3-5-18(17)22-20(25)13-23-10-11-26-19(12-23)15-6-8-16(21)9-7-15/h2-9,19H,10-13H2,1H3,(H,22,25). The smallest absolute Gasteiger partial charge is 0.238 e. The number of anilines is 1. The quantitative estimate of drug-likeness (QED) is 0.837. The van der Waals surface area contributed by atoms with E-state index in [1.165, 1.54) is 19.1 Å². The zero-order valence-corrected chi connectivity index (χ0v) is 14.6. The summed E-state index contributed by atoms with van der Waals surface area (Å²) in [4.78, 5) is 26.0. The second-order valence-corrected chi connectivity index (χ2v) is 6.30. The van der Waals surface area contributed by atoms with Crippen molar-refractivity contribution in [3.63, 3.8) is 0 Å². The summed E-state index contributed by atoms with van der Waals surface area (Å²) in [7, 11) is 0. The van der Waals surface area contributed by atoms with Gasteiger partial charge in [-0.2, -0.15) is 0 Å². The van der Waals surface area contributed by atoms with Gasteiger partial charge in [0, 0.05) is 18.7 Å². The van der Waals surface area contributed by atoms with Gasteiger partial charge in [0.05, 0.1) is 24.9 Å². The molecule has 136 valence electrons. The number of amides is 1. The Morgan fingerprint density at radius 2 is 1.92 bits per heavy atom. The highest BCUT2D eigenvalue weighted by atomic mass is 19.1. The average Bonchev–Trinajstić information content (AvgIpc) is 2.62. The lowest BCUT2D eigenvalue weighted by molar-refractivity contribution is -0.119. The van der Waals surface area contributed by atoms with E-state index in [0.29, 0.717) is 30.9 Å². The summed E-state index contributed by atoms with van der Waals surface area (Å²) >= 11 is 0. The fourth-order valence-corrected chi connectivity index (χ4v) is 3.02. The summed E-state index contributed by atoms with van der Waals surface area (Å²) in [6.45, 7) is 3.36. The highest BCUT2D eigenvalue weighted by molar-refractivity contribution is 6.04. The molecule has 0 spiro atoms. The van der Waals surface area contributed by atoms with Crippen molar-refractivity contribution >= 4 is 17.4 Å². The van der Waals surface area contributed by atoms with Gasteiger partial charge in [0.1, 0.15) is 5.82 Å². The first kappa shape index (κ1) is 18.2. The van der Waals surface area contributed by atoms with Gasteiger partial charge >= 0.3 is 0 Å². The molecular formula is C20H21FN2O3. The van der Waals surface area contributed by atoms with Crippen molar-refractivity contribution in [2.75, 3.05) is 31.6 Å². The normalized spacial score (nSPS) is 17.7. The molecule has 1 aliphatic heterocycles. The molecule has 1 saturated heterocycles. The third kappa shape index (κ3) is 4.53. The molecule has 1 atom stereocenters. The number of Topliss-reactive ketones (excluding diaryl/α,β-unsaturated/α-hetero) is 1. The Bertz CT molecular complexity index is 792. The number of carbonyl (C=O) groups is 2. The molecule has 1 heterocycles. The number of ether oxygens (including phenoxy) is 1. The van der Waals surface area contributed by atoms with Crippen molar-refractivity contribution in [1.82, 2.24) is 4.90 Å². The maximum atomic E-state index is 13.1. The number of benzene rings is 2. The van der Waals surface area contributed by atoms with Crippen molar-refractivity contribution in [1.29, 1.82) is 0 Å². The second kappa shape index (κ2) is 8.21. The van der Waals surface area contributed by atoms with Crippen LogP contribution in [0.25, 0.3) is 0 Å². The molecule has 1 amide bonds. The summed E-state index contributed by atoms with van der Waals surface area (Å²) in [5.41, 5.74) is 1.90. The van der Waals surface area contributed by atoms with Crippen LogP contribution in [0, 0.1) is 5.82 Å². The predicted octanol–water partition coefficient (Wildman–Crippen LogP) is 3.04. The number of ketones is 1. The van der Waals surface area contributed by atoms with Gasteiger partial charge in [-0.15, -0.1) is 0 Å². The first-order chi connectivity index (χ1) is 12.5. The largest absolute Gasteiger partial charge is 0.371 e. The molecule has 1 N–H and O–H groups in total. The zero-order valence-electron chi connectivity index (χ0n) is 14.6. The van der Waals surface area contributed by atoms with Crippen LogP contribution in [0.1, 0.15) is 28.9 Å². The molecule has 6 heteroatoms. The van der Waals surface area contributed by atoms with E-state index in [9.17, 15) is 14.0 Å². The highest BCUT2D eigenvalue weighted by Crippen LogP contribution is 2.22. The molecule has 2 aromatic carbocycles. The molecule has 5 nitrogen and oxygen atoms in total. The molecule has 0 radical (unpaired) electrons. The Morgan fingerprint density at radius 3 is 2.65 bits per heavy atom. The van der Waals surface area contributed by atoms with Gasteiger partial charge in [-0.3, -0.25) is 14.5 Å². The Morgan fingerprint density at radius 1 is 1.19 bits per heavy atom. The van der Waals surface area contributed by atoms with Crippen LogP contribution in [-0.4, -0.2) is 42.8 Å². The van der Waals surface area contributed by atoms with Crippen LogP contribution in [0.2, 0.25) is 0 Å². The van der Waals surface area contributed by atoms with E-state index >= 15 is 0 Å². The van der Waals surface area contributed by atoms with E-state index < -0.39 is 0 Å². The maximum absolute atomic E-state index is 13.1. The Kier molecular flexibility index (Phi) is 5.75. The van der Waals surface area contributed by atoms with Gasteiger partial charge in [-0.1, -0.05) is 24.3 Å². The lowest BCUT2D eigenvalue weighted by atomic mass is 10.1. The first-order valence-corrected chi connectivity index (χ1v) is 8.52. The van der Waals surface area contributed by atoms with E-state index in [4.69, 9.17) is 4.74 Å². The lowest BCUT2D eigenvalue weighted by Gasteiger charge is -2.32. The molecule has 0 aromatic heterocycles. The SMILES string of the molecule is CC(=O)c1ccccc1NC(=O)CN1CCOC(c2ccc(F)cc2)C1. The number of hydrogen-bond acceptors (Lipinski definition) is 4. The number of nitrogens with zero attached hydrogens (tertiary/aromatic N) is 1. The van der Waals surface area contributed by atoms with Gasteiger partial charge in [0.2, 0.25) is 5.91 Å². The molecule has 1 fully saturated rings. The number of para-hydroxylation sites is 1. The molecule has 26 heavy (non-hydrogen) atoms. The van der Waals surface area contributed by atoms with Crippen LogP contribution in [0.15, 0.2) is 48.5 Å². The van der Waals surface area contributed by atoms with Crippen molar-refractivity contribution in [3.05, 3.63) is 65.5 Å². The highest BCUT2D eigenvalue weighted by Gasteiger charge is 2.23. The summed E-state index contributed by atoms with van der Waals surface area (Å²) in [6, 6.07) is 13.2. The van der Waals surface area contributed by atoms with E-state index in [2.05, 4.69) is 5.32 Å². The molecule has 0 bridgehead atoms. The third-order valence-corrected chi connectivity index (χ3v) is 4.34. The van der Waals surface area contributed by atoms with Gasteiger partial charge in [0.25, 0.3) is 0 Å². The van der Waals surface area contributed by atoms with Crippen molar-refractivity contribution in [2.24, 2.45) is 0 Å². The molecule has 0 saturated carbocycles. The van der Waals surface area contributed by atoms with E-state index in [1.807, 2.05) is 4.90 Å². The fraction of sp³-hybridized carbons (Fsp3) is 0.300. The van der Waals surface area contributed by atoms with E-state index in [1.54, 1.807) is 36.4 Å². The van der Waals surface area contributed by atoms with Crippen LogP contribution < -0.4 is 5.32 Å².